The number of rotatable bonds is 3. The number of aromatic nitrogens is 4. The van der Waals surface area contributed by atoms with Crippen LogP contribution in [-0.2, 0) is 0 Å². The molecule has 0 amide bonds. The number of anilines is 1. The lowest BCUT2D eigenvalue weighted by Gasteiger charge is -2.07. The molecule has 2 N–H and O–H groups in total. The van der Waals surface area contributed by atoms with Gasteiger partial charge in [0.15, 0.2) is 6.17 Å². The zero-order valence-corrected chi connectivity index (χ0v) is 7.88. The van der Waals surface area contributed by atoms with E-state index in [1.165, 1.54) is 6.33 Å². The minimum atomic E-state index is 0.0798. The lowest BCUT2D eigenvalue weighted by Crippen LogP contribution is -2.20. The van der Waals surface area contributed by atoms with Crippen molar-refractivity contribution in [1.82, 2.24) is 14.8 Å². The maximum absolute atomic E-state index is 4.04. The first kappa shape index (κ1) is 8.68. The molecule has 0 saturated carbocycles. The van der Waals surface area contributed by atoms with Crippen LogP contribution in [0.5, 0.6) is 0 Å². The summed E-state index contributed by atoms with van der Waals surface area (Å²) in [5.41, 5.74) is 0. The van der Waals surface area contributed by atoms with Gasteiger partial charge in [-0.05, 0) is 13.0 Å². The summed E-state index contributed by atoms with van der Waals surface area (Å²) in [6.45, 7) is 2.01. The van der Waals surface area contributed by atoms with Gasteiger partial charge < -0.3 is 0 Å². The van der Waals surface area contributed by atoms with E-state index in [-0.39, 0.29) is 6.17 Å². The summed E-state index contributed by atoms with van der Waals surface area (Å²) >= 11 is 0. The Morgan fingerprint density at radius 3 is 3.07 bits per heavy atom. The monoisotopic (exact) mass is 190 g/mol. The molecule has 0 aliphatic rings. The summed E-state index contributed by atoms with van der Waals surface area (Å²) in [5, 5.41) is 7.29. The van der Waals surface area contributed by atoms with Gasteiger partial charge in [-0.25, -0.2) is 14.6 Å². The summed E-state index contributed by atoms with van der Waals surface area (Å²) in [5.74, 6) is 0.954. The van der Waals surface area contributed by atoms with Gasteiger partial charge in [-0.2, -0.15) is 5.10 Å². The Kier molecular flexibility index (Phi) is 2.40. The van der Waals surface area contributed by atoms with E-state index in [2.05, 4.69) is 20.4 Å². The summed E-state index contributed by atoms with van der Waals surface area (Å²) < 4.78 is 1.75. The molecule has 0 saturated heterocycles. The van der Waals surface area contributed by atoms with Crippen LogP contribution in [0, 0.1) is 0 Å². The van der Waals surface area contributed by atoms with Crippen LogP contribution >= 0.6 is 0 Å². The standard InChI is InChI=1S/C9H11N5/c1-8(14-7-10-6-12-14)13-9-4-2-3-5-11-9/h2-8H,1H3,(H,11,13)/p+1/t8-/m1/s1. The van der Waals surface area contributed by atoms with Crippen molar-refractivity contribution < 1.29 is 4.98 Å². The van der Waals surface area contributed by atoms with Crippen LogP contribution in [0.15, 0.2) is 37.1 Å². The van der Waals surface area contributed by atoms with Gasteiger partial charge in [0.2, 0.25) is 0 Å². The first-order valence-electron chi connectivity index (χ1n) is 4.43. The summed E-state index contributed by atoms with van der Waals surface area (Å²) in [4.78, 5) is 6.98. The van der Waals surface area contributed by atoms with Gasteiger partial charge >= 0.3 is 0 Å². The highest BCUT2D eigenvalue weighted by Crippen LogP contribution is 2.05. The maximum atomic E-state index is 4.04. The smallest absolute Gasteiger partial charge is 0.252 e. The van der Waals surface area contributed by atoms with Crippen molar-refractivity contribution in [2.45, 2.75) is 13.1 Å². The van der Waals surface area contributed by atoms with Crippen LogP contribution in [0.3, 0.4) is 0 Å². The summed E-state index contributed by atoms with van der Waals surface area (Å²) in [6, 6.07) is 5.87. The van der Waals surface area contributed by atoms with Gasteiger partial charge in [-0.15, -0.1) is 0 Å². The molecule has 0 radical (unpaired) electrons. The van der Waals surface area contributed by atoms with Gasteiger partial charge in [0.1, 0.15) is 12.7 Å². The maximum Gasteiger partial charge on any atom is 0.273 e. The molecule has 5 nitrogen and oxygen atoms in total. The van der Waals surface area contributed by atoms with Crippen molar-refractivity contribution >= 4 is 5.82 Å². The highest BCUT2D eigenvalue weighted by atomic mass is 15.4. The minimum absolute atomic E-state index is 0.0798. The Bertz CT molecular complexity index is 369. The Morgan fingerprint density at radius 2 is 2.43 bits per heavy atom. The molecule has 2 rings (SSSR count). The molecule has 72 valence electrons. The highest BCUT2D eigenvalue weighted by molar-refractivity contribution is 5.26. The highest BCUT2D eigenvalue weighted by Gasteiger charge is 2.09. The molecule has 0 aliphatic carbocycles. The molecule has 0 fully saturated rings. The first-order valence-corrected chi connectivity index (χ1v) is 4.43. The van der Waals surface area contributed by atoms with Crippen LogP contribution in [0.4, 0.5) is 5.82 Å². The van der Waals surface area contributed by atoms with Gasteiger partial charge in [-0.1, -0.05) is 6.07 Å². The van der Waals surface area contributed by atoms with E-state index in [1.807, 2.05) is 31.3 Å². The normalized spacial score (nSPS) is 12.4. The number of nitrogens with zero attached hydrogens (tertiary/aromatic N) is 3. The van der Waals surface area contributed by atoms with Gasteiger partial charge in [0.25, 0.3) is 5.82 Å². The number of nitrogens with one attached hydrogen (secondary N) is 2. The third-order valence-electron chi connectivity index (χ3n) is 1.91. The second kappa shape index (κ2) is 3.87. The summed E-state index contributed by atoms with van der Waals surface area (Å²) in [7, 11) is 0. The SMILES string of the molecule is C[C@H](Nc1cccc[nH+]1)n1cncn1. The van der Waals surface area contributed by atoms with Crippen molar-refractivity contribution in [2.75, 3.05) is 5.32 Å². The molecular weight excluding hydrogens is 178 g/mol. The number of hydrogen-bond acceptors (Lipinski definition) is 3. The van der Waals surface area contributed by atoms with Crippen molar-refractivity contribution in [3.63, 3.8) is 0 Å². The third kappa shape index (κ3) is 1.87. The first-order chi connectivity index (χ1) is 6.86. The topological polar surface area (TPSA) is 56.9 Å². The van der Waals surface area contributed by atoms with Crippen LogP contribution in [0.1, 0.15) is 13.1 Å². The average Bonchev–Trinajstić information content (AvgIpc) is 2.72. The molecular formula is C9H12N5+. The Hall–Kier alpha value is -1.91. The molecule has 2 heterocycles. The van der Waals surface area contributed by atoms with Crippen LogP contribution in [0.2, 0.25) is 0 Å². The molecule has 0 aromatic carbocycles. The quantitative estimate of drug-likeness (QED) is 0.776. The lowest BCUT2D eigenvalue weighted by molar-refractivity contribution is -0.361. The van der Waals surface area contributed by atoms with E-state index in [0.717, 1.165) is 5.82 Å². The molecule has 0 aliphatic heterocycles. The van der Waals surface area contributed by atoms with Crippen LogP contribution in [0.25, 0.3) is 0 Å². The number of pyridine rings is 1. The van der Waals surface area contributed by atoms with E-state index >= 15 is 0 Å². The second-order valence-corrected chi connectivity index (χ2v) is 2.97. The minimum Gasteiger partial charge on any atom is -0.252 e. The predicted molar refractivity (Wildman–Crippen MR) is 51.4 cm³/mol. The molecule has 0 spiro atoms. The Labute approximate surface area is 81.8 Å². The fraction of sp³-hybridized carbons (Fsp3) is 0.222. The zero-order valence-electron chi connectivity index (χ0n) is 7.88. The Morgan fingerprint density at radius 1 is 1.50 bits per heavy atom. The number of H-pyrrole nitrogens is 1. The number of hydrogen-bond donors (Lipinski definition) is 1. The predicted octanol–water partition coefficient (Wildman–Crippen LogP) is 0.723. The molecule has 0 unspecified atom stereocenters. The van der Waals surface area contributed by atoms with E-state index in [4.69, 9.17) is 0 Å². The Balaban J connectivity index is 2.06. The number of aromatic amines is 1. The molecule has 2 aromatic heterocycles. The molecule has 14 heavy (non-hydrogen) atoms. The van der Waals surface area contributed by atoms with E-state index in [1.54, 1.807) is 11.0 Å². The van der Waals surface area contributed by atoms with Crippen LogP contribution < -0.4 is 10.3 Å². The molecule has 1 atom stereocenters. The largest absolute Gasteiger partial charge is 0.273 e. The van der Waals surface area contributed by atoms with Crippen molar-refractivity contribution in [2.24, 2.45) is 0 Å². The average molecular weight is 190 g/mol. The van der Waals surface area contributed by atoms with E-state index < -0.39 is 0 Å². The third-order valence-corrected chi connectivity index (χ3v) is 1.91. The fourth-order valence-electron chi connectivity index (χ4n) is 1.19. The summed E-state index contributed by atoms with van der Waals surface area (Å²) in [6.07, 6.45) is 5.15. The van der Waals surface area contributed by atoms with Crippen LogP contribution in [-0.4, -0.2) is 14.8 Å². The van der Waals surface area contributed by atoms with Crippen molar-refractivity contribution in [3.05, 3.63) is 37.1 Å². The zero-order chi connectivity index (χ0) is 9.80. The van der Waals surface area contributed by atoms with Crippen molar-refractivity contribution in [1.29, 1.82) is 0 Å². The van der Waals surface area contributed by atoms with Gasteiger partial charge in [-0.3, -0.25) is 5.32 Å². The lowest BCUT2D eigenvalue weighted by atomic mass is 10.4. The van der Waals surface area contributed by atoms with Crippen molar-refractivity contribution in [3.8, 4) is 0 Å². The van der Waals surface area contributed by atoms with Gasteiger partial charge in [0, 0.05) is 6.07 Å². The molecule has 5 heteroatoms. The van der Waals surface area contributed by atoms with E-state index in [0.29, 0.717) is 0 Å². The van der Waals surface area contributed by atoms with Gasteiger partial charge in [0.05, 0.1) is 6.20 Å². The molecule has 2 aromatic rings. The fourth-order valence-corrected chi connectivity index (χ4v) is 1.19. The molecule has 0 bridgehead atoms. The second-order valence-electron chi connectivity index (χ2n) is 2.97. The van der Waals surface area contributed by atoms with E-state index in [9.17, 15) is 0 Å².